The van der Waals surface area contributed by atoms with Crippen LogP contribution in [0.1, 0.15) is 26.7 Å². The summed E-state index contributed by atoms with van der Waals surface area (Å²) in [5.74, 6) is 0.549. The van der Waals surface area contributed by atoms with Crippen molar-refractivity contribution in [1.29, 1.82) is 0 Å². The van der Waals surface area contributed by atoms with Crippen molar-refractivity contribution in [3.63, 3.8) is 0 Å². The van der Waals surface area contributed by atoms with Crippen molar-refractivity contribution in [2.45, 2.75) is 32.8 Å². The van der Waals surface area contributed by atoms with Crippen molar-refractivity contribution in [1.82, 2.24) is 0 Å². The number of ether oxygens (including phenoxy) is 2. The van der Waals surface area contributed by atoms with Gasteiger partial charge in [0.1, 0.15) is 11.5 Å². The smallest absolute Gasteiger partial charge is 0.265 e. The quantitative estimate of drug-likeness (QED) is 0.668. The average molecular weight is 437 g/mol. The summed E-state index contributed by atoms with van der Waals surface area (Å²) >= 11 is 12.0. The summed E-state index contributed by atoms with van der Waals surface area (Å²) in [5.41, 5.74) is 1.20. The normalized spacial score (nSPS) is 14.1. The lowest BCUT2D eigenvalue weighted by molar-refractivity contribution is -0.122. The van der Waals surface area contributed by atoms with Gasteiger partial charge in [0.05, 0.1) is 10.7 Å². The van der Waals surface area contributed by atoms with Crippen LogP contribution in [-0.4, -0.2) is 31.1 Å². The molecule has 29 heavy (non-hydrogen) atoms. The zero-order valence-electron chi connectivity index (χ0n) is 16.2. The second-order valence-electron chi connectivity index (χ2n) is 6.69. The predicted molar refractivity (Wildman–Crippen MR) is 114 cm³/mol. The van der Waals surface area contributed by atoms with Gasteiger partial charge in [0.25, 0.3) is 11.8 Å². The zero-order chi connectivity index (χ0) is 21.0. The van der Waals surface area contributed by atoms with Gasteiger partial charge >= 0.3 is 0 Å². The molecular formula is C21H22Cl2N2O4. The SMILES string of the molecule is CCCCN1C(=O)COc2ccc(NC(=O)C(C)Oc3ccc(Cl)cc3Cl)cc21. The lowest BCUT2D eigenvalue weighted by Crippen LogP contribution is -2.39. The van der Waals surface area contributed by atoms with Crippen molar-refractivity contribution in [3.8, 4) is 11.5 Å². The molecular weight excluding hydrogens is 415 g/mol. The number of nitrogens with zero attached hydrogens (tertiary/aromatic N) is 1. The first-order valence-electron chi connectivity index (χ1n) is 9.39. The number of amides is 2. The molecule has 0 aromatic heterocycles. The van der Waals surface area contributed by atoms with Crippen LogP contribution in [0, 0.1) is 0 Å². The summed E-state index contributed by atoms with van der Waals surface area (Å²) in [7, 11) is 0. The van der Waals surface area contributed by atoms with Crippen LogP contribution in [0.25, 0.3) is 0 Å². The van der Waals surface area contributed by atoms with Crippen LogP contribution in [0.3, 0.4) is 0 Å². The van der Waals surface area contributed by atoms with Gasteiger partial charge in [0, 0.05) is 17.3 Å². The van der Waals surface area contributed by atoms with E-state index in [2.05, 4.69) is 12.2 Å². The molecule has 1 unspecified atom stereocenters. The van der Waals surface area contributed by atoms with Crippen molar-refractivity contribution in [2.75, 3.05) is 23.4 Å². The monoisotopic (exact) mass is 436 g/mol. The van der Waals surface area contributed by atoms with E-state index in [1.165, 1.54) is 0 Å². The van der Waals surface area contributed by atoms with Crippen LogP contribution < -0.4 is 19.7 Å². The van der Waals surface area contributed by atoms with E-state index in [1.54, 1.807) is 48.2 Å². The van der Waals surface area contributed by atoms with Gasteiger partial charge < -0.3 is 19.7 Å². The molecule has 2 aromatic carbocycles. The van der Waals surface area contributed by atoms with E-state index in [-0.39, 0.29) is 18.4 Å². The first kappa shape index (κ1) is 21.3. The lowest BCUT2D eigenvalue weighted by atomic mass is 10.2. The Hall–Kier alpha value is -2.44. The molecule has 2 aromatic rings. The molecule has 154 valence electrons. The highest BCUT2D eigenvalue weighted by atomic mass is 35.5. The number of hydrogen-bond acceptors (Lipinski definition) is 4. The Morgan fingerprint density at radius 1 is 1.28 bits per heavy atom. The summed E-state index contributed by atoms with van der Waals surface area (Å²) < 4.78 is 11.1. The van der Waals surface area contributed by atoms with Crippen molar-refractivity contribution < 1.29 is 19.1 Å². The molecule has 1 aliphatic heterocycles. The lowest BCUT2D eigenvalue weighted by Gasteiger charge is -2.30. The Kier molecular flexibility index (Phi) is 6.87. The highest BCUT2D eigenvalue weighted by Crippen LogP contribution is 2.35. The van der Waals surface area contributed by atoms with E-state index in [0.29, 0.717) is 39.5 Å². The highest BCUT2D eigenvalue weighted by molar-refractivity contribution is 6.35. The topological polar surface area (TPSA) is 67.9 Å². The highest BCUT2D eigenvalue weighted by Gasteiger charge is 2.26. The maximum atomic E-state index is 12.6. The van der Waals surface area contributed by atoms with Gasteiger partial charge in [0.2, 0.25) is 0 Å². The van der Waals surface area contributed by atoms with E-state index in [0.717, 1.165) is 12.8 Å². The van der Waals surface area contributed by atoms with Gasteiger partial charge in [0.15, 0.2) is 12.7 Å². The Morgan fingerprint density at radius 2 is 2.07 bits per heavy atom. The van der Waals surface area contributed by atoms with E-state index in [1.807, 2.05) is 0 Å². The fourth-order valence-electron chi connectivity index (χ4n) is 2.90. The first-order chi connectivity index (χ1) is 13.9. The minimum absolute atomic E-state index is 0.0230. The third-order valence-corrected chi connectivity index (χ3v) is 5.00. The Bertz CT molecular complexity index is 920. The number of fused-ring (bicyclic) bond motifs is 1. The molecule has 0 saturated carbocycles. The van der Waals surface area contributed by atoms with Crippen LogP contribution in [0.15, 0.2) is 36.4 Å². The summed E-state index contributed by atoms with van der Waals surface area (Å²) in [6, 6.07) is 10.0. The second kappa shape index (κ2) is 9.37. The van der Waals surface area contributed by atoms with Gasteiger partial charge in [-0.1, -0.05) is 36.5 Å². The number of halogens is 2. The molecule has 0 radical (unpaired) electrons. The van der Waals surface area contributed by atoms with Gasteiger partial charge in [-0.05, 0) is 49.7 Å². The first-order valence-corrected chi connectivity index (χ1v) is 10.1. The summed E-state index contributed by atoms with van der Waals surface area (Å²) in [6.07, 6.45) is 1.06. The molecule has 0 saturated heterocycles. The number of hydrogen-bond donors (Lipinski definition) is 1. The van der Waals surface area contributed by atoms with E-state index in [9.17, 15) is 9.59 Å². The third kappa shape index (κ3) is 5.14. The minimum atomic E-state index is -0.793. The molecule has 3 rings (SSSR count). The Labute approximate surface area is 179 Å². The number of carbonyl (C=O) groups excluding carboxylic acids is 2. The van der Waals surface area contributed by atoms with Crippen molar-refractivity contribution in [3.05, 3.63) is 46.4 Å². The van der Waals surface area contributed by atoms with E-state index < -0.39 is 6.10 Å². The van der Waals surface area contributed by atoms with Crippen LogP contribution >= 0.6 is 23.2 Å². The Morgan fingerprint density at radius 3 is 2.79 bits per heavy atom. The van der Waals surface area contributed by atoms with Crippen LogP contribution in [0.4, 0.5) is 11.4 Å². The number of rotatable bonds is 7. The van der Waals surface area contributed by atoms with E-state index >= 15 is 0 Å². The summed E-state index contributed by atoms with van der Waals surface area (Å²) in [5, 5.41) is 3.62. The molecule has 1 aliphatic rings. The molecule has 1 N–H and O–H groups in total. The molecule has 0 bridgehead atoms. The molecule has 0 spiro atoms. The fraction of sp³-hybridized carbons (Fsp3) is 0.333. The van der Waals surface area contributed by atoms with Gasteiger partial charge in [-0.25, -0.2) is 0 Å². The van der Waals surface area contributed by atoms with Gasteiger partial charge in [-0.15, -0.1) is 0 Å². The number of unbranched alkanes of at least 4 members (excludes halogenated alkanes) is 1. The molecule has 6 nitrogen and oxygen atoms in total. The van der Waals surface area contributed by atoms with Gasteiger partial charge in [-0.3, -0.25) is 9.59 Å². The Balaban J connectivity index is 1.72. The zero-order valence-corrected chi connectivity index (χ0v) is 17.7. The number of anilines is 2. The molecule has 0 fully saturated rings. The molecule has 8 heteroatoms. The standard InChI is InChI=1S/C21H22Cl2N2O4/c1-3-4-9-25-17-11-15(6-8-19(17)28-12-20(25)26)24-21(27)13(2)29-18-7-5-14(22)10-16(18)23/h5-8,10-11,13H,3-4,9,12H2,1-2H3,(H,24,27). The largest absolute Gasteiger partial charge is 0.482 e. The number of nitrogens with one attached hydrogen (secondary N) is 1. The third-order valence-electron chi connectivity index (χ3n) is 4.47. The van der Waals surface area contributed by atoms with Crippen LogP contribution in [0.5, 0.6) is 11.5 Å². The maximum absolute atomic E-state index is 12.6. The number of benzene rings is 2. The average Bonchev–Trinajstić information content (AvgIpc) is 2.69. The molecule has 0 aliphatic carbocycles. The second-order valence-corrected chi connectivity index (χ2v) is 7.54. The van der Waals surface area contributed by atoms with Gasteiger partial charge in [-0.2, -0.15) is 0 Å². The van der Waals surface area contributed by atoms with Crippen LogP contribution in [0.2, 0.25) is 10.0 Å². The minimum Gasteiger partial charge on any atom is -0.482 e. The number of carbonyl (C=O) groups is 2. The van der Waals surface area contributed by atoms with Crippen molar-refractivity contribution >= 4 is 46.4 Å². The maximum Gasteiger partial charge on any atom is 0.265 e. The fourth-order valence-corrected chi connectivity index (χ4v) is 3.35. The van der Waals surface area contributed by atoms with Crippen molar-refractivity contribution in [2.24, 2.45) is 0 Å². The summed E-state index contributed by atoms with van der Waals surface area (Å²) in [6.45, 7) is 4.32. The predicted octanol–water partition coefficient (Wildman–Crippen LogP) is 4.92. The summed E-state index contributed by atoms with van der Waals surface area (Å²) in [4.78, 5) is 26.5. The van der Waals surface area contributed by atoms with Crippen LogP contribution in [-0.2, 0) is 9.59 Å². The van der Waals surface area contributed by atoms with E-state index in [4.69, 9.17) is 32.7 Å². The molecule has 1 atom stereocenters. The molecule has 1 heterocycles. The molecule has 2 amide bonds.